The van der Waals surface area contributed by atoms with E-state index in [1.54, 1.807) is 32.9 Å². The summed E-state index contributed by atoms with van der Waals surface area (Å²) in [6, 6.07) is -11.4. The predicted molar refractivity (Wildman–Crippen MR) is 363 cm³/mol. The summed E-state index contributed by atoms with van der Waals surface area (Å²) in [6.45, 7) is 2.43. The molecule has 12 amide bonds. The van der Waals surface area contributed by atoms with Crippen molar-refractivity contribution in [3.8, 4) is 0 Å². The Morgan fingerprint density at radius 1 is 0.644 bits per heavy atom. The Labute approximate surface area is 603 Å². The lowest BCUT2D eigenvalue weighted by Gasteiger charge is -2.47. The molecule has 33 heteroatoms. The van der Waals surface area contributed by atoms with Gasteiger partial charge < -0.3 is 64.8 Å². The average Bonchev–Trinajstić information content (AvgIpc) is 0.943. The zero-order valence-electron chi connectivity index (χ0n) is 61.8. The van der Waals surface area contributed by atoms with Gasteiger partial charge in [0.15, 0.2) is 0 Å². The van der Waals surface area contributed by atoms with Gasteiger partial charge in [0.1, 0.15) is 72.1 Å². The summed E-state index contributed by atoms with van der Waals surface area (Å²) in [5, 5.41) is 8.25. The first kappa shape index (κ1) is 84.0. The van der Waals surface area contributed by atoms with Gasteiger partial charge in [0.2, 0.25) is 70.9 Å². The van der Waals surface area contributed by atoms with Gasteiger partial charge in [-0.2, -0.15) is 26.3 Å². The number of carbonyl (C=O) groups is 12. The van der Waals surface area contributed by atoms with Crippen LogP contribution in [0, 0.1) is 35.5 Å². The highest BCUT2D eigenvalue weighted by molar-refractivity contribution is 6.01. The number of halogens is 8. The summed E-state index contributed by atoms with van der Waals surface area (Å²) in [4.78, 5) is 189. The highest BCUT2D eigenvalue weighted by atomic mass is 19.4. The fourth-order valence-corrected chi connectivity index (χ4v) is 16.2. The molecule has 3 heterocycles. The van der Waals surface area contributed by atoms with Crippen molar-refractivity contribution in [1.82, 2.24) is 60.0 Å². The van der Waals surface area contributed by atoms with Crippen molar-refractivity contribution in [2.75, 3.05) is 95.8 Å². The van der Waals surface area contributed by atoms with Crippen LogP contribution in [0.2, 0.25) is 0 Å². The smallest absolute Gasteiger partial charge is 0.377 e. The summed E-state index contributed by atoms with van der Waals surface area (Å²) in [6.07, 6.45) is -12.2. The van der Waals surface area contributed by atoms with Gasteiger partial charge in [0.05, 0.1) is 38.6 Å². The number of rotatable bonds is 10. The van der Waals surface area contributed by atoms with Crippen molar-refractivity contribution < 1.29 is 97.4 Å². The minimum absolute atomic E-state index is 0.00271. The predicted octanol–water partition coefficient (Wildman–Crippen LogP) is 4.94. The third-order valence-electron chi connectivity index (χ3n) is 23.1. The molecule has 0 aromatic heterocycles. The molecule has 0 radical (unpaired) electrons. The van der Waals surface area contributed by atoms with E-state index in [2.05, 4.69) is 16.0 Å². The summed E-state index contributed by atoms with van der Waals surface area (Å²) in [5.74, 6) is -16.9. The highest BCUT2D eigenvalue weighted by Crippen LogP contribution is 2.45. The van der Waals surface area contributed by atoms with Crippen molar-refractivity contribution in [3.63, 3.8) is 0 Å². The first-order valence-electron chi connectivity index (χ1n) is 36.7. The van der Waals surface area contributed by atoms with Gasteiger partial charge >= 0.3 is 12.4 Å². The van der Waals surface area contributed by atoms with Gasteiger partial charge in [-0.15, -0.1) is 0 Å². The lowest BCUT2D eigenvalue weighted by atomic mass is 9.74. The molecule has 0 aromatic rings. The van der Waals surface area contributed by atoms with Crippen LogP contribution < -0.4 is 16.0 Å². The molecule has 3 aliphatic heterocycles. The number of nitrogens with one attached hydrogen (secondary N) is 3. The van der Waals surface area contributed by atoms with E-state index in [0.717, 1.165) is 29.4 Å². The van der Waals surface area contributed by atoms with Gasteiger partial charge in [-0.3, -0.25) is 57.5 Å². The summed E-state index contributed by atoms with van der Waals surface area (Å²) >= 11 is 0. The molecule has 7 rings (SSSR count). The minimum Gasteiger partial charge on any atom is -0.377 e. The standard InChI is InChI=1S/C71H108F8N12O13/c1-12-41(3)58-66(101)85(7)39-56(94)87(9)50-22-15-14-18-31-90(65(50)100)52(36-42-23-26-45(27-24-42)70(74,75)76)64(99)84(6)38-54(92)80-48(28-25-43-34-46(72)57(47(73)35-43)71(77,78)79)62(97)91-32-33-104-40-53(91)61(96)82-69(29-19-30-69)68(103)89(11)59(44-20-16-17-21-44)67(102)88(10)51(63(98)83(4)5)37-55(93)86(8)49(13-2)60(95)81-58/h14-15,41-53,57-59H,12-13,16-40H2,1-11H3,(H,80,92)(H,81,95)(H,82,96)/b15-14-/t41-,42?,43?,45?,46?,47?,48-,49-,50-,51-,52-,53-,57?,58-,59-/m0/s1. The lowest BCUT2D eigenvalue weighted by molar-refractivity contribution is -0.219. The number of likely N-dealkylation sites (N-methyl/N-ethyl adjacent to an activating group) is 7. The SMILES string of the molecule is CC[C@H](C)[C@@H]1NC(=O)[C@H](CC)N(C)C(=O)C[C@@H](C(=O)N(C)C)N(C)C(=O)[C@H](C2CCCC2)N(C)C(=O)C2(CCC2)NC(=O)[C@@H]2COCCN2C(=O)[C@H](CCC2CC(F)C(C(F)(F)F)C(F)C2)NC(=O)CN(C)C(=O)[C@H](CC2CCC(C(F)(F)F)CC2)N2CC/C=C\C[C@@H](C2=O)N(C)C(=O)CN(C)C1=O. The number of hydrogen-bond acceptors (Lipinski definition) is 13. The monoisotopic (exact) mass is 1490 g/mol. The summed E-state index contributed by atoms with van der Waals surface area (Å²) in [7, 11) is 10.8. The van der Waals surface area contributed by atoms with E-state index in [1.807, 2.05) is 0 Å². The second-order valence-corrected chi connectivity index (χ2v) is 30.2. The second-order valence-electron chi connectivity index (χ2n) is 30.2. The molecule has 4 aliphatic carbocycles. The van der Waals surface area contributed by atoms with Gasteiger partial charge in [-0.1, -0.05) is 52.2 Å². The van der Waals surface area contributed by atoms with Crippen molar-refractivity contribution in [3.05, 3.63) is 12.2 Å². The van der Waals surface area contributed by atoms with Crippen LogP contribution in [-0.4, -0.2) is 289 Å². The average molecular weight is 1490 g/mol. The Hall–Kier alpha value is -7.22. The first-order valence-corrected chi connectivity index (χ1v) is 36.7. The van der Waals surface area contributed by atoms with Gasteiger partial charge in [-0.05, 0) is 133 Å². The normalized spacial score (nSPS) is 32.1. The number of amides is 12. The number of fused-ring (bicyclic) bond motifs is 3. The minimum atomic E-state index is -5.21. The number of nitrogens with zero attached hydrogens (tertiary/aromatic N) is 9. The molecule has 104 heavy (non-hydrogen) atoms. The zero-order chi connectivity index (χ0) is 77.2. The molecule has 6 fully saturated rings. The molecular weight excluding hydrogens is 1380 g/mol. The molecule has 2 bridgehead atoms. The lowest BCUT2D eigenvalue weighted by Crippen LogP contribution is -2.69. The Balaban J connectivity index is 1.30. The molecule has 586 valence electrons. The number of carbonyl (C=O) groups excluding carboxylic acids is 12. The molecule has 0 aromatic carbocycles. The van der Waals surface area contributed by atoms with Crippen LogP contribution in [0.25, 0.3) is 0 Å². The van der Waals surface area contributed by atoms with E-state index in [4.69, 9.17) is 4.74 Å². The molecule has 4 saturated carbocycles. The van der Waals surface area contributed by atoms with Crippen LogP contribution in [0.1, 0.15) is 156 Å². The summed E-state index contributed by atoms with van der Waals surface area (Å²) < 4.78 is 120. The summed E-state index contributed by atoms with van der Waals surface area (Å²) in [5.41, 5.74) is -1.69. The van der Waals surface area contributed by atoms with Crippen LogP contribution in [0.15, 0.2) is 12.2 Å². The zero-order valence-corrected chi connectivity index (χ0v) is 61.8. The van der Waals surface area contributed by atoms with Crippen LogP contribution >= 0.6 is 0 Å². The Morgan fingerprint density at radius 2 is 1.27 bits per heavy atom. The first-order chi connectivity index (χ1) is 48.8. The highest BCUT2D eigenvalue weighted by Gasteiger charge is 2.56. The topological polar surface area (TPSA) is 279 Å². The van der Waals surface area contributed by atoms with E-state index < -0.39 is 230 Å². The molecule has 3 N–H and O–H groups in total. The van der Waals surface area contributed by atoms with Gasteiger partial charge in [0, 0.05) is 69.5 Å². The molecule has 7 aliphatic rings. The largest absolute Gasteiger partial charge is 0.397 e. The fourth-order valence-electron chi connectivity index (χ4n) is 16.2. The van der Waals surface area contributed by atoms with E-state index in [9.17, 15) is 55.1 Å². The van der Waals surface area contributed by atoms with Crippen LogP contribution in [-0.2, 0) is 62.3 Å². The third kappa shape index (κ3) is 19.9. The maximum atomic E-state index is 15.4. The second kappa shape index (κ2) is 35.9. The Morgan fingerprint density at radius 3 is 1.84 bits per heavy atom. The van der Waals surface area contributed by atoms with Gasteiger partial charge in [-0.25, -0.2) is 8.78 Å². The number of alkyl halides is 8. The quantitative estimate of drug-likeness (QED) is 0.193. The molecule has 2 unspecified atom stereocenters. The van der Waals surface area contributed by atoms with Gasteiger partial charge in [0.25, 0.3) is 0 Å². The van der Waals surface area contributed by atoms with E-state index in [1.165, 1.54) is 71.1 Å². The molecule has 2 saturated heterocycles. The fraction of sp³-hybridized carbons (Fsp3) is 0.803. The van der Waals surface area contributed by atoms with E-state index >= 15 is 37.5 Å². The number of ether oxygens (including phenoxy) is 1. The van der Waals surface area contributed by atoms with Crippen LogP contribution in [0.5, 0.6) is 0 Å². The van der Waals surface area contributed by atoms with Crippen LogP contribution in [0.4, 0.5) is 35.1 Å². The molecule has 25 nitrogen and oxygen atoms in total. The van der Waals surface area contributed by atoms with Crippen molar-refractivity contribution in [2.45, 2.75) is 234 Å². The maximum absolute atomic E-state index is 15.4. The van der Waals surface area contributed by atoms with Crippen molar-refractivity contribution in [2.24, 2.45) is 35.5 Å². The number of morpholine rings is 1. The van der Waals surface area contributed by atoms with E-state index in [0.29, 0.717) is 38.5 Å². The molecule has 11 atom stereocenters. The van der Waals surface area contributed by atoms with E-state index in [-0.39, 0.29) is 90.3 Å². The molecule has 1 spiro atoms. The number of hydrogen-bond donors (Lipinski definition) is 3. The Bertz CT molecular complexity index is 3120. The van der Waals surface area contributed by atoms with Crippen molar-refractivity contribution >= 4 is 70.9 Å². The van der Waals surface area contributed by atoms with Crippen LogP contribution in [0.3, 0.4) is 0 Å². The molecular formula is C71H108F8N12O13. The third-order valence-corrected chi connectivity index (χ3v) is 23.1. The van der Waals surface area contributed by atoms with Crippen molar-refractivity contribution in [1.29, 1.82) is 0 Å². The Kier molecular flexibility index (Phi) is 29.0. The maximum Gasteiger partial charge on any atom is 0.397 e.